The van der Waals surface area contributed by atoms with Gasteiger partial charge in [0.2, 0.25) is 11.8 Å². The number of Topliss-reactive ketones (excluding diaryl/α,β-unsaturated/α-hetero) is 1. The van der Waals surface area contributed by atoms with Crippen LogP contribution in [0.2, 0.25) is 0 Å². The standard InChI is InChI=1S/C21H39N3O3/c1-13(2)10-18(21(27)23-8)24(9)19(25)12-17(14(3)4)11-15(5)20(26)16(6)22-7/h13-14,16-18,22H,5,10-12H2,1-4,6-9H3,(H,23,27). The lowest BCUT2D eigenvalue weighted by Gasteiger charge is -2.30. The van der Waals surface area contributed by atoms with Crippen LogP contribution >= 0.6 is 0 Å². The summed E-state index contributed by atoms with van der Waals surface area (Å²) in [6, 6.07) is -0.767. The fourth-order valence-corrected chi connectivity index (χ4v) is 2.99. The van der Waals surface area contributed by atoms with Crippen LogP contribution < -0.4 is 10.6 Å². The quantitative estimate of drug-likeness (QED) is 0.509. The summed E-state index contributed by atoms with van der Waals surface area (Å²) < 4.78 is 0. The van der Waals surface area contributed by atoms with Crippen molar-refractivity contribution in [2.75, 3.05) is 21.1 Å². The van der Waals surface area contributed by atoms with E-state index in [1.807, 2.05) is 27.7 Å². The van der Waals surface area contributed by atoms with E-state index < -0.39 is 6.04 Å². The number of carbonyl (C=O) groups excluding carboxylic acids is 3. The predicted molar refractivity (Wildman–Crippen MR) is 110 cm³/mol. The lowest BCUT2D eigenvalue weighted by atomic mass is 9.84. The van der Waals surface area contributed by atoms with Crippen LogP contribution in [0.15, 0.2) is 12.2 Å². The van der Waals surface area contributed by atoms with Gasteiger partial charge in [-0.25, -0.2) is 0 Å². The fraction of sp³-hybridized carbons (Fsp3) is 0.762. The Labute approximate surface area is 165 Å². The number of ketones is 1. The molecular formula is C21H39N3O3. The largest absolute Gasteiger partial charge is 0.357 e. The molecule has 0 aromatic rings. The number of hydrogen-bond acceptors (Lipinski definition) is 4. The maximum atomic E-state index is 12.9. The van der Waals surface area contributed by atoms with Gasteiger partial charge in [-0.05, 0) is 50.1 Å². The van der Waals surface area contributed by atoms with Crippen LogP contribution in [-0.2, 0) is 14.4 Å². The van der Waals surface area contributed by atoms with Crippen molar-refractivity contribution in [1.29, 1.82) is 0 Å². The number of hydrogen-bond donors (Lipinski definition) is 2. The van der Waals surface area contributed by atoms with Gasteiger partial charge in [0, 0.05) is 20.5 Å². The van der Waals surface area contributed by atoms with Crippen molar-refractivity contribution in [3.05, 3.63) is 12.2 Å². The molecule has 6 nitrogen and oxygen atoms in total. The van der Waals surface area contributed by atoms with Gasteiger partial charge in [-0.3, -0.25) is 14.4 Å². The molecule has 27 heavy (non-hydrogen) atoms. The first-order valence-corrected chi connectivity index (χ1v) is 9.82. The Bertz CT molecular complexity index is 529. The Kier molecular flexibility index (Phi) is 11.2. The van der Waals surface area contributed by atoms with E-state index in [9.17, 15) is 14.4 Å². The van der Waals surface area contributed by atoms with Crippen LogP contribution in [0.1, 0.15) is 53.9 Å². The van der Waals surface area contributed by atoms with Gasteiger partial charge in [-0.2, -0.15) is 0 Å². The molecule has 0 rings (SSSR count). The number of carbonyl (C=O) groups is 3. The monoisotopic (exact) mass is 381 g/mol. The Hall–Kier alpha value is -1.69. The molecule has 2 amide bonds. The molecule has 0 aromatic carbocycles. The first kappa shape index (κ1) is 25.3. The Morgan fingerprint density at radius 1 is 1.00 bits per heavy atom. The van der Waals surface area contributed by atoms with E-state index in [1.54, 1.807) is 33.0 Å². The number of likely N-dealkylation sites (N-methyl/N-ethyl adjacent to an activating group) is 3. The van der Waals surface area contributed by atoms with Crippen LogP contribution in [0.5, 0.6) is 0 Å². The lowest BCUT2D eigenvalue weighted by molar-refractivity contribution is -0.140. The lowest BCUT2D eigenvalue weighted by Crippen LogP contribution is -2.48. The zero-order chi connectivity index (χ0) is 21.3. The molecule has 0 saturated carbocycles. The molecule has 0 fully saturated rings. The van der Waals surface area contributed by atoms with E-state index in [0.717, 1.165) is 0 Å². The van der Waals surface area contributed by atoms with Crippen molar-refractivity contribution in [2.45, 2.75) is 66.0 Å². The minimum Gasteiger partial charge on any atom is -0.357 e. The van der Waals surface area contributed by atoms with Gasteiger partial charge in [0.1, 0.15) is 6.04 Å². The summed E-state index contributed by atoms with van der Waals surface area (Å²) >= 11 is 0. The average molecular weight is 382 g/mol. The predicted octanol–water partition coefficient (Wildman–Crippen LogP) is 2.39. The van der Waals surface area contributed by atoms with Gasteiger partial charge in [0.25, 0.3) is 0 Å². The minimum absolute atomic E-state index is 0.00449. The molecule has 0 radical (unpaired) electrons. The molecule has 0 aromatic heterocycles. The maximum absolute atomic E-state index is 12.9. The van der Waals surface area contributed by atoms with Crippen molar-refractivity contribution >= 4 is 17.6 Å². The molecule has 0 aliphatic carbocycles. The van der Waals surface area contributed by atoms with Gasteiger partial charge in [0.15, 0.2) is 5.78 Å². The molecular weight excluding hydrogens is 342 g/mol. The van der Waals surface area contributed by atoms with E-state index in [4.69, 9.17) is 0 Å². The van der Waals surface area contributed by atoms with E-state index in [1.165, 1.54) is 0 Å². The zero-order valence-electron chi connectivity index (χ0n) is 18.4. The maximum Gasteiger partial charge on any atom is 0.242 e. The van der Waals surface area contributed by atoms with Crippen molar-refractivity contribution in [1.82, 2.24) is 15.5 Å². The van der Waals surface area contributed by atoms with Crippen molar-refractivity contribution in [2.24, 2.45) is 17.8 Å². The number of rotatable bonds is 12. The van der Waals surface area contributed by atoms with Crippen LogP contribution in [-0.4, -0.2) is 55.7 Å². The molecule has 3 unspecified atom stereocenters. The molecule has 2 N–H and O–H groups in total. The Balaban J connectivity index is 5.17. The third-order valence-electron chi connectivity index (χ3n) is 5.17. The van der Waals surface area contributed by atoms with Gasteiger partial charge >= 0.3 is 0 Å². The van der Waals surface area contributed by atoms with Crippen LogP contribution in [0.3, 0.4) is 0 Å². The Morgan fingerprint density at radius 2 is 1.56 bits per heavy atom. The Morgan fingerprint density at radius 3 is 1.96 bits per heavy atom. The highest BCUT2D eigenvalue weighted by Gasteiger charge is 2.30. The summed E-state index contributed by atoms with van der Waals surface area (Å²) in [5, 5.41) is 5.58. The van der Waals surface area contributed by atoms with E-state index in [2.05, 4.69) is 17.2 Å². The molecule has 6 heteroatoms. The highest BCUT2D eigenvalue weighted by molar-refractivity contribution is 5.98. The van der Waals surface area contributed by atoms with Gasteiger partial charge in [0.05, 0.1) is 6.04 Å². The SMILES string of the molecule is C=C(CC(CC(=O)N(C)C(CC(C)C)C(=O)NC)C(C)C)C(=O)C(C)NC. The van der Waals surface area contributed by atoms with E-state index in [0.29, 0.717) is 30.8 Å². The van der Waals surface area contributed by atoms with E-state index >= 15 is 0 Å². The van der Waals surface area contributed by atoms with Crippen molar-refractivity contribution in [3.63, 3.8) is 0 Å². The zero-order valence-corrected chi connectivity index (χ0v) is 18.4. The fourth-order valence-electron chi connectivity index (χ4n) is 2.99. The summed E-state index contributed by atoms with van der Waals surface area (Å²) in [6.45, 7) is 13.9. The van der Waals surface area contributed by atoms with Gasteiger partial charge in [-0.1, -0.05) is 34.3 Å². The molecule has 156 valence electrons. The van der Waals surface area contributed by atoms with Crippen LogP contribution in [0.25, 0.3) is 0 Å². The highest BCUT2D eigenvalue weighted by Crippen LogP contribution is 2.25. The molecule has 0 bridgehead atoms. The molecule has 3 atom stereocenters. The second kappa shape index (κ2) is 11.9. The summed E-state index contributed by atoms with van der Waals surface area (Å²) in [4.78, 5) is 38.9. The second-order valence-corrected chi connectivity index (χ2v) is 8.15. The summed E-state index contributed by atoms with van der Waals surface area (Å²) in [5.74, 6) is 0.272. The third-order valence-corrected chi connectivity index (χ3v) is 5.17. The van der Waals surface area contributed by atoms with Crippen LogP contribution in [0.4, 0.5) is 0 Å². The van der Waals surface area contributed by atoms with Gasteiger partial charge < -0.3 is 15.5 Å². The summed E-state index contributed by atoms with van der Waals surface area (Å²) in [5.41, 5.74) is 0.538. The summed E-state index contributed by atoms with van der Waals surface area (Å²) in [6.07, 6.45) is 1.38. The minimum atomic E-state index is -0.482. The third kappa shape index (κ3) is 8.24. The molecule has 0 aliphatic heterocycles. The topological polar surface area (TPSA) is 78.5 Å². The number of amides is 2. The smallest absolute Gasteiger partial charge is 0.242 e. The highest BCUT2D eigenvalue weighted by atomic mass is 16.2. The molecule has 0 heterocycles. The van der Waals surface area contributed by atoms with Crippen molar-refractivity contribution in [3.8, 4) is 0 Å². The molecule has 0 spiro atoms. The summed E-state index contributed by atoms with van der Waals surface area (Å²) in [7, 11) is 5.01. The number of nitrogens with one attached hydrogen (secondary N) is 2. The molecule has 0 aliphatic rings. The number of nitrogens with zero attached hydrogens (tertiary/aromatic N) is 1. The first-order valence-electron chi connectivity index (χ1n) is 9.82. The van der Waals surface area contributed by atoms with Crippen molar-refractivity contribution < 1.29 is 14.4 Å². The van der Waals surface area contributed by atoms with E-state index in [-0.39, 0.29) is 35.5 Å². The van der Waals surface area contributed by atoms with Gasteiger partial charge in [-0.15, -0.1) is 0 Å². The normalized spacial score (nSPS) is 14.6. The second-order valence-electron chi connectivity index (χ2n) is 8.15. The first-order chi connectivity index (χ1) is 12.5. The molecule has 0 saturated heterocycles. The average Bonchev–Trinajstić information content (AvgIpc) is 2.62. The van der Waals surface area contributed by atoms with Crippen LogP contribution in [0, 0.1) is 17.8 Å².